The Kier molecular flexibility index (Phi) is 4.56. The lowest BCUT2D eigenvalue weighted by atomic mass is 9.96. The van der Waals surface area contributed by atoms with Crippen LogP contribution in [0.5, 0.6) is 0 Å². The van der Waals surface area contributed by atoms with E-state index in [1.54, 1.807) is 21.1 Å². The Bertz CT molecular complexity index is 537. The van der Waals surface area contributed by atoms with E-state index in [4.69, 9.17) is 4.74 Å². The molecule has 0 spiro atoms. The first-order chi connectivity index (χ1) is 9.97. The molecule has 8 heteroatoms. The first-order valence-corrected chi connectivity index (χ1v) is 6.96. The van der Waals surface area contributed by atoms with Crippen LogP contribution >= 0.6 is 0 Å². The molecule has 0 saturated carbocycles. The molecular weight excluding hydrogens is 274 g/mol. The predicted molar refractivity (Wildman–Crippen MR) is 79.8 cm³/mol. The molecule has 0 aromatic carbocycles. The summed E-state index contributed by atoms with van der Waals surface area (Å²) in [6.07, 6.45) is 0.958. The van der Waals surface area contributed by atoms with Crippen LogP contribution in [0.15, 0.2) is 0 Å². The van der Waals surface area contributed by atoms with E-state index in [9.17, 15) is 10.1 Å². The third kappa shape index (κ3) is 3.05. The molecule has 1 aromatic rings. The van der Waals surface area contributed by atoms with Gasteiger partial charge in [0.25, 0.3) is 0 Å². The highest BCUT2D eigenvalue weighted by Crippen LogP contribution is 2.33. The summed E-state index contributed by atoms with van der Waals surface area (Å²) in [6.45, 7) is 5.08. The van der Waals surface area contributed by atoms with Crippen molar-refractivity contribution < 1.29 is 9.66 Å². The molecule has 1 saturated heterocycles. The molecule has 21 heavy (non-hydrogen) atoms. The summed E-state index contributed by atoms with van der Waals surface area (Å²) in [4.78, 5) is 21.3. The van der Waals surface area contributed by atoms with Gasteiger partial charge in [0.05, 0.1) is 11.0 Å². The standard InChI is InChI=1S/C13H21N5O3/c1-8-5-6-17(7-10(8)21-4)12-11(18(19)20)9(2)15-13(14-3)16-12/h8,10H,5-7H2,1-4H3,(H,14,15,16). The highest BCUT2D eigenvalue weighted by Gasteiger charge is 2.32. The zero-order valence-corrected chi connectivity index (χ0v) is 12.8. The Morgan fingerprint density at radius 2 is 2.19 bits per heavy atom. The van der Waals surface area contributed by atoms with Gasteiger partial charge in [-0.3, -0.25) is 10.1 Å². The van der Waals surface area contributed by atoms with Crippen LogP contribution in [0.2, 0.25) is 0 Å². The van der Waals surface area contributed by atoms with Gasteiger partial charge in [-0.05, 0) is 19.3 Å². The lowest BCUT2D eigenvalue weighted by molar-refractivity contribution is -0.385. The van der Waals surface area contributed by atoms with Crippen molar-refractivity contribution in [3.05, 3.63) is 15.8 Å². The lowest BCUT2D eigenvalue weighted by Crippen LogP contribution is -2.44. The highest BCUT2D eigenvalue weighted by atomic mass is 16.6. The van der Waals surface area contributed by atoms with Crippen molar-refractivity contribution in [1.82, 2.24) is 9.97 Å². The number of methoxy groups -OCH3 is 1. The summed E-state index contributed by atoms with van der Waals surface area (Å²) < 4.78 is 5.47. The number of aromatic nitrogens is 2. The fourth-order valence-corrected chi connectivity index (χ4v) is 2.63. The monoisotopic (exact) mass is 295 g/mol. The molecule has 1 aromatic heterocycles. The average molecular weight is 295 g/mol. The van der Waals surface area contributed by atoms with Gasteiger partial charge in [-0.15, -0.1) is 0 Å². The maximum absolute atomic E-state index is 11.3. The number of nitrogens with one attached hydrogen (secondary N) is 1. The number of hydrogen-bond donors (Lipinski definition) is 1. The first-order valence-electron chi connectivity index (χ1n) is 6.96. The van der Waals surface area contributed by atoms with Crippen molar-refractivity contribution in [2.75, 3.05) is 37.5 Å². The molecular formula is C13H21N5O3. The van der Waals surface area contributed by atoms with Gasteiger partial charge in [0, 0.05) is 27.2 Å². The normalized spacial score (nSPS) is 22.2. The van der Waals surface area contributed by atoms with Crippen LogP contribution < -0.4 is 10.2 Å². The number of piperidine rings is 1. The minimum absolute atomic E-state index is 0.0293. The van der Waals surface area contributed by atoms with Crippen molar-refractivity contribution in [3.63, 3.8) is 0 Å². The molecule has 0 aliphatic carbocycles. The Labute approximate surface area is 123 Å². The van der Waals surface area contributed by atoms with Crippen molar-refractivity contribution in [2.24, 2.45) is 5.92 Å². The summed E-state index contributed by atoms with van der Waals surface area (Å²) in [5.41, 5.74) is 0.334. The van der Waals surface area contributed by atoms with Gasteiger partial charge in [0.15, 0.2) is 0 Å². The summed E-state index contributed by atoms with van der Waals surface area (Å²) in [5, 5.41) is 14.2. The predicted octanol–water partition coefficient (Wildman–Crippen LogP) is 1.60. The van der Waals surface area contributed by atoms with E-state index in [0.717, 1.165) is 13.0 Å². The van der Waals surface area contributed by atoms with Crippen LogP contribution in [0.1, 0.15) is 19.0 Å². The summed E-state index contributed by atoms with van der Waals surface area (Å²) >= 11 is 0. The summed E-state index contributed by atoms with van der Waals surface area (Å²) in [7, 11) is 3.37. The van der Waals surface area contributed by atoms with Crippen LogP contribution in [0.25, 0.3) is 0 Å². The van der Waals surface area contributed by atoms with Gasteiger partial charge in [-0.2, -0.15) is 4.98 Å². The topological polar surface area (TPSA) is 93.4 Å². The average Bonchev–Trinajstić information content (AvgIpc) is 2.46. The molecule has 2 heterocycles. The lowest BCUT2D eigenvalue weighted by Gasteiger charge is -2.36. The fraction of sp³-hybridized carbons (Fsp3) is 0.692. The minimum Gasteiger partial charge on any atom is -0.379 e. The second-order valence-corrected chi connectivity index (χ2v) is 5.30. The van der Waals surface area contributed by atoms with Crippen molar-refractivity contribution in [1.29, 1.82) is 0 Å². The van der Waals surface area contributed by atoms with Gasteiger partial charge in [-0.1, -0.05) is 6.92 Å². The molecule has 2 rings (SSSR count). The van der Waals surface area contributed by atoms with E-state index >= 15 is 0 Å². The zero-order chi connectivity index (χ0) is 15.6. The van der Waals surface area contributed by atoms with Crippen molar-refractivity contribution >= 4 is 17.5 Å². The Hall–Kier alpha value is -1.96. The first kappa shape index (κ1) is 15.4. The number of ether oxygens (including phenoxy) is 1. The van der Waals surface area contributed by atoms with Crippen LogP contribution in [-0.4, -0.2) is 48.2 Å². The van der Waals surface area contributed by atoms with Gasteiger partial charge >= 0.3 is 5.69 Å². The Balaban J connectivity index is 2.42. The number of nitro groups is 1. The molecule has 0 amide bonds. The van der Waals surface area contributed by atoms with Crippen LogP contribution in [0, 0.1) is 23.0 Å². The van der Waals surface area contributed by atoms with E-state index in [1.807, 2.05) is 4.90 Å². The van der Waals surface area contributed by atoms with E-state index < -0.39 is 4.92 Å². The largest absolute Gasteiger partial charge is 0.379 e. The van der Waals surface area contributed by atoms with Gasteiger partial charge < -0.3 is 15.0 Å². The summed E-state index contributed by atoms with van der Waals surface area (Å²) in [6, 6.07) is 0. The molecule has 0 bridgehead atoms. The molecule has 0 radical (unpaired) electrons. The zero-order valence-electron chi connectivity index (χ0n) is 12.8. The van der Waals surface area contributed by atoms with E-state index in [0.29, 0.717) is 29.9 Å². The van der Waals surface area contributed by atoms with E-state index in [2.05, 4.69) is 22.2 Å². The molecule has 1 fully saturated rings. The second-order valence-electron chi connectivity index (χ2n) is 5.30. The van der Waals surface area contributed by atoms with Crippen molar-refractivity contribution in [2.45, 2.75) is 26.4 Å². The molecule has 116 valence electrons. The molecule has 2 unspecified atom stereocenters. The molecule has 2 atom stereocenters. The molecule has 1 aliphatic rings. The minimum atomic E-state index is -0.413. The molecule has 8 nitrogen and oxygen atoms in total. The van der Waals surface area contributed by atoms with E-state index in [1.165, 1.54) is 0 Å². The third-order valence-electron chi connectivity index (χ3n) is 3.94. The Morgan fingerprint density at radius 3 is 2.76 bits per heavy atom. The summed E-state index contributed by atoms with van der Waals surface area (Å²) in [5.74, 6) is 1.18. The quantitative estimate of drug-likeness (QED) is 0.666. The number of nitrogens with zero attached hydrogens (tertiary/aromatic N) is 4. The van der Waals surface area contributed by atoms with Gasteiger partial charge in [0.1, 0.15) is 5.69 Å². The van der Waals surface area contributed by atoms with Gasteiger partial charge in [0.2, 0.25) is 11.8 Å². The second kappa shape index (κ2) is 6.21. The maximum Gasteiger partial charge on any atom is 0.332 e. The fourth-order valence-electron chi connectivity index (χ4n) is 2.63. The highest BCUT2D eigenvalue weighted by molar-refractivity contribution is 5.62. The molecule has 1 aliphatic heterocycles. The van der Waals surface area contributed by atoms with Crippen LogP contribution in [-0.2, 0) is 4.74 Å². The third-order valence-corrected chi connectivity index (χ3v) is 3.94. The maximum atomic E-state index is 11.3. The Morgan fingerprint density at radius 1 is 1.48 bits per heavy atom. The number of aryl methyl sites for hydroxylation is 1. The number of anilines is 2. The van der Waals surface area contributed by atoms with Crippen LogP contribution in [0.4, 0.5) is 17.5 Å². The number of rotatable bonds is 4. The van der Waals surface area contributed by atoms with E-state index in [-0.39, 0.29) is 11.8 Å². The molecule has 1 N–H and O–H groups in total. The van der Waals surface area contributed by atoms with Gasteiger partial charge in [-0.25, -0.2) is 4.98 Å². The number of hydrogen-bond acceptors (Lipinski definition) is 7. The smallest absolute Gasteiger partial charge is 0.332 e. The SMILES string of the molecule is CNc1nc(C)c([N+](=O)[O-])c(N2CCC(C)C(OC)C2)n1. The van der Waals surface area contributed by atoms with Crippen LogP contribution in [0.3, 0.4) is 0 Å². The van der Waals surface area contributed by atoms with Crippen molar-refractivity contribution in [3.8, 4) is 0 Å².